The van der Waals surface area contributed by atoms with E-state index in [4.69, 9.17) is 0 Å². The number of thioether (sulfide) groups is 1. The minimum atomic E-state index is -3.55. The fraction of sp³-hybridized carbons (Fsp3) is 0.304. The van der Waals surface area contributed by atoms with Crippen molar-refractivity contribution in [1.82, 2.24) is 14.5 Å². The van der Waals surface area contributed by atoms with Gasteiger partial charge >= 0.3 is 0 Å². The van der Waals surface area contributed by atoms with Crippen LogP contribution >= 0.6 is 23.1 Å². The largest absolute Gasteiger partial charge is 0.325 e. The van der Waals surface area contributed by atoms with Crippen LogP contribution in [0.15, 0.2) is 57.8 Å². The Kier molecular flexibility index (Phi) is 8.16. The molecule has 0 saturated carbocycles. The summed E-state index contributed by atoms with van der Waals surface area (Å²) in [6.07, 6.45) is 2.76. The quantitative estimate of drug-likeness (QED) is 0.333. The first-order valence-electron chi connectivity index (χ1n) is 11.1. The molecule has 1 aromatic heterocycles. The molecule has 9 nitrogen and oxygen atoms in total. The van der Waals surface area contributed by atoms with E-state index in [0.717, 1.165) is 41.9 Å². The molecule has 2 aromatic carbocycles. The molecule has 35 heavy (non-hydrogen) atoms. The highest BCUT2D eigenvalue weighted by Gasteiger charge is 2.26. The molecule has 0 spiro atoms. The van der Waals surface area contributed by atoms with Crippen molar-refractivity contribution >= 4 is 55.8 Å². The number of sulfonamides is 1. The molecule has 1 aliphatic rings. The van der Waals surface area contributed by atoms with Crippen LogP contribution in [0.1, 0.15) is 35.2 Å². The second-order valence-corrected chi connectivity index (χ2v) is 12.2. The number of carbonyl (C=O) groups excluding carboxylic acids is 2. The van der Waals surface area contributed by atoms with Gasteiger partial charge in [-0.25, -0.2) is 8.42 Å². The second-order valence-electron chi connectivity index (χ2n) is 8.02. The average molecular weight is 532 g/mol. The molecule has 1 saturated heterocycles. The number of piperidine rings is 1. The van der Waals surface area contributed by atoms with Crippen LogP contribution in [0.25, 0.3) is 0 Å². The van der Waals surface area contributed by atoms with Gasteiger partial charge in [0.2, 0.25) is 21.1 Å². The molecule has 0 aliphatic carbocycles. The highest BCUT2D eigenvalue weighted by molar-refractivity contribution is 8.01. The van der Waals surface area contributed by atoms with Crippen LogP contribution in [0.5, 0.6) is 0 Å². The fourth-order valence-electron chi connectivity index (χ4n) is 3.57. The van der Waals surface area contributed by atoms with E-state index >= 15 is 0 Å². The lowest BCUT2D eigenvalue weighted by molar-refractivity contribution is -0.113. The monoisotopic (exact) mass is 531 g/mol. The first-order chi connectivity index (χ1) is 16.8. The minimum absolute atomic E-state index is 0.156. The van der Waals surface area contributed by atoms with Crippen molar-refractivity contribution in [2.75, 3.05) is 29.5 Å². The van der Waals surface area contributed by atoms with Gasteiger partial charge in [-0.1, -0.05) is 41.7 Å². The summed E-state index contributed by atoms with van der Waals surface area (Å²) in [7, 11) is -3.55. The Hall–Kier alpha value is -2.80. The van der Waals surface area contributed by atoms with Crippen LogP contribution in [0.4, 0.5) is 10.8 Å². The summed E-state index contributed by atoms with van der Waals surface area (Å²) in [4.78, 5) is 24.9. The molecule has 0 radical (unpaired) electrons. The van der Waals surface area contributed by atoms with Gasteiger partial charge in [0.05, 0.1) is 10.6 Å². The smallest absolute Gasteiger partial charge is 0.257 e. The van der Waals surface area contributed by atoms with Crippen molar-refractivity contribution in [3.63, 3.8) is 0 Å². The number of hydrogen-bond acceptors (Lipinski definition) is 8. The Morgan fingerprint density at radius 3 is 2.49 bits per heavy atom. The van der Waals surface area contributed by atoms with Gasteiger partial charge in [-0.3, -0.25) is 14.9 Å². The summed E-state index contributed by atoms with van der Waals surface area (Å²) < 4.78 is 27.6. The maximum Gasteiger partial charge on any atom is 0.257 e. The van der Waals surface area contributed by atoms with Crippen molar-refractivity contribution in [2.24, 2.45) is 0 Å². The van der Waals surface area contributed by atoms with E-state index < -0.39 is 15.9 Å². The molecular formula is C23H25N5O4S3. The van der Waals surface area contributed by atoms with Crippen LogP contribution < -0.4 is 10.6 Å². The zero-order valence-electron chi connectivity index (χ0n) is 19.1. The number of nitrogens with zero attached hydrogens (tertiary/aromatic N) is 3. The van der Waals surface area contributed by atoms with Gasteiger partial charge < -0.3 is 5.32 Å². The summed E-state index contributed by atoms with van der Waals surface area (Å²) in [6, 6.07) is 13.4. The Bertz CT molecular complexity index is 1300. The zero-order chi connectivity index (χ0) is 24.8. The highest BCUT2D eigenvalue weighted by Crippen LogP contribution is 2.26. The lowest BCUT2D eigenvalue weighted by Crippen LogP contribution is -2.35. The zero-order valence-corrected chi connectivity index (χ0v) is 21.5. The third kappa shape index (κ3) is 6.66. The maximum atomic E-state index is 12.8. The molecule has 0 bridgehead atoms. The van der Waals surface area contributed by atoms with Gasteiger partial charge in [-0.05, 0) is 61.7 Å². The van der Waals surface area contributed by atoms with Crippen molar-refractivity contribution in [2.45, 2.75) is 35.4 Å². The Labute approximate surface area is 212 Å². The molecule has 0 atom stereocenters. The van der Waals surface area contributed by atoms with E-state index in [9.17, 15) is 18.0 Å². The number of aromatic nitrogens is 2. The Balaban J connectivity index is 1.30. The second kappa shape index (κ2) is 11.3. The van der Waals surface area contributed by atoms with Gasteiger partial charge in [0.1, 0.15) is 0 Å². The summed E-state index contributed by atoms with van der Waals surface area (Å²) in [6.45, 7) is 3.00. The van der Waals surface area contributed by atoms with Gasteiger partial charge in [-0.2, -0.15) is 4.31 Å². The fourth-order valence-corrected chi connectivity index (χ4v) is 6.63. The molecule has 12 heteroatoms. The standard InChI is InChI=1S/C23H25N5O4S3/c1-16-6-5-7-18(14-16)24-20(29)15-33-23-27-26-22(34-23)25-21(30)17-8-10-19(11-9-17)35(31,32)28-12-3-2-4-13-28/h5-11,14H,2-4,12-13,15H2,1H3,(H,24,29)(H,25,26,30). The van der Waals surface area contributed by atoms with Crippen LogP contribution in [0.2, 0.25) is 0 Å². The summed E-state index contributed by atoms with van der Waals surface area (Å²) in [5, 5.41) is 13.8. The van der Waals surface area contributed by atoms with E-state index in [2.05, 4.69) is 20.8 Å². The number of nitrogens with one attached hydrogen (secondary N) is 2. The van der Waals surface area contributed by atoms with E-state index in [1.165, 1.54) is 40.3 Å². The van der Waals surface area contributed by atoms with Gasteiger partial charge in [-0.15, -0.1) is 10.2 Å². The maximum absolute atomic E-state index is 12.8. The van der Waals surface area contributed by atoms with Crippen molar-refractivity contribution in [3.8, 4) is 0 Å². The Morgan fingerprint density at radius 1 is 1.03 bits per heavy atom. The molecule has 3 aromatic rings. The van der Waals surface area contributed by atoms with Crippen LogP contribution in [0.3, 0.4) is 0 Å². The molecule has 1 aliphatic heterocycles. The van der Waals surface area contributed by atoms with Gasteiger partial charge in [0.15, 0.2) is 4.34 Å². The highest BCUT2D eigenvalue weighted by atomic mass is 32.2. The van der Waals surface area contributed by atoms with E-state index in [1.54, 1.807) is 0 Å². The summed E-state index contributed by atoms with van der Waals surface area (Å²) in [5.41, 5.74) is 2.10. The number of aryl methyl sites for hydroxylation is 1. The molecule has 4 rings (SSSR count). The SMILES string of the molecule is Cc1cccc(NC(=O)CSc2nnc(NC(=O)c3ccc(S(=O)(=O)N4CCCCC4)cc3)s2)c1. The number of benzene rings is 2. The number of anilines is 2. The lowest BCUT2D eigenvalue weighted by Gasteiger charge is -2.25. The number of carbonyl (C=O) groups is 2. The van der Waals surface area contributed by atoms with Crippen LogP contribution in [-0.4, -0.2) is 53.6 Å². The van der Waals surface area contributed by atoms with Crippen molar-refractivity contribution < 1.29 is 18.0 Å². The van der Waals surface area contributed by atoms with Crippen molar-refractivity contribution in [3.05, 3.63) is 59.7 Å². The van der Waals surface area contributed by atoms with Crippen LogP contribution in [0, 0.1) is 6.92 Å². The molecule has 0 unspecified atom stereocenters. The lowest BCUT2D eigenvalue weighted by atomic mass is 10.2. The first kappa shape index (κ1) is 25.3. The third-order valence-electron chi connectivity index (χ3n) is 5.32. The normalized spacial score (nSPS) is 14.4. The molecular weight excluding hydrogens is 506 g/mol. The molecule has 1 fully saturated rings. The van der Waals surface area contributed by atoms with E-state index in [1.807, 2.05) is 31.2 Å². The number of amides is 2. The minimum Gasteiger partial charge on any atom is -0.325 e. The average Bonchev–Trinajstić information content (AvgIpc) is 3.30. The Morgan fingerprint density at radius 2 is 1.77 bits per heavy atom. The molecule has 2 amide bonds. The summed E-state index contributed by atoms with van der Waals surface area (Å²) >= 11 is 2.38. The molecule has 184 valence electrons. The number of hydrogen-bond donors (Lipinski definition) is 2. The predicted molar refractivity (Wildman–Crippen MR) is 137 cm³/mol. The summed E-state index contributed by atoms with van der Waals surface area (Å²) in [5.74, 6) is -0.429. The van der Waals surface area contributed by atoms with Crippen LogP contribution in [-0.2, 0) is 14.8 Å². The molecule has 2 heterocycles. The number of rotatable bonds is 8. The van der Waals surface area contributed by atoms with E-state index in [-0.39, 0.29) is 16.6 Å². The van der Waals surface area contributed by atoms with E-state index in [0.29, 0.717) is 28.1 Å². The third-order valence-corrected chi connectivity index (χ3v) is 9.21. The predicted octanol–water partition coefficient (Wildman–Crippen LogP) is 4.00. The first-order valence-corrected chi connectivity index (χ1v) is 14.3. The van der Waals surface area contributed by atoms with Gasteiger partial charge in [0.25, 0.3) is 5.91 Å². The topological polar surface area (TPSA) is 121 Å². The van der Waals surface area contributed by atoms with Crippen molar-refractivity contribution in [1.29, 1.82) is 0 Å². The van der Waals surface area contributed by atoms with Gasteiger partial charge in [0, 0.05) is 24.3 Å². The molecule has 2 N–H and O–H groups in total.